The van der Waals surface area contributed by atoms with Crippen LogP contribution < -0.4 is 0 Å². The van der Waals surface area contributed by atoms with E-state index in [0.29, 0.717) is 12.3 Å². The molecular weight excluding hydrogens is 228 g/mol. The van der Waals surface area contributed by atoms with E-state index in [1.165, 1.54) is 18.3 Å². The Morgan fingerprint density at radius 2 is 2.06 bits per heavy atom. The molecule has 1 unspecified atom stereocenters. The largest absolute Gasteiger partial charge is 0.370 e. The second-order valence-corrected chi connectivity index (χ2v) is 4.68. The zero-order valence-corrected chi connectivity index (χ0v) is 10.2. The molecule has 1 fully saturated rings. The van der Waals surface area contributed by atoms with Crippen molar-refractivity contribution in [2.45, 2.75) is 31.3 Å². The van der Waals surface area contributed by atoms with Gasteiger partial charge in [0.05, 0.1) is 6.42 Å². The number of aromatic nitrogens is 2. The molecule has 1 aromatic heterocycles. The Kier molecular flexibility index (Phi) is 3.11. The molecule has 1 atom stereocenters. The SMILES string of the molecule is c1ccc(C2(Cc3ncno3)CCCCO2)cc1. The maximum absolute atomic E-state index is 6.10. The molecule has 0 N–H and O–H groups in total. The third-order valence-electron chi connectivity index (χ3n) is 3.50. The summed E-state index contributed by atoms with van der Waals surface area (Å²) in [5.41, 5.74) is 0.898. The van der Waals surface area contributed by atoms with Crippen LogP contribution in [0.3, 0.4) is 0 Å². The Balaban J connectivity index is 1.93. The quantitative estimate of drug-likeness (QED) is 0.833. The zero-order valence-electron chi connectivity index (χ0n) is 10.2. The minimum absolute atomic E-state index is 0.300. The van der Waals surface area contributed by atoms with E-state index in [2.05, 4.69) is 22.3 Å². The molecule has 1 aromatic carbocycles. The lowest BCUT2D eigenvalue weighted by Gasteiger charge is -2.37. The van der Waals surface area contributed by atoms with E-state index in [0.717, 1.165) is 19.4 Å². The Labute approximate surface area is 106 Å². The van der Waals surface area contributed by atoms with Crippen molar-refractivity contribution in [3.05, 3.63) is 48.1 Å². The van der Waals surface area contributed by atoms with Crippen molar-refractivity contribution in [3.8, 4) is 0 Å². The van der Waals surface area contributed by atoms with Crippen LogP contribution in [0.15, 0.2) is 41.2 Å². The average molecular weight is 244 g/mol. The molecule has 2 aromatic rings. The van der Waals surface area contributed by atoms with Gasteiger partial charge in [0, 0.05) is 6.61 Å². The number of hydrogen-bond acceptors (Lipinski definition) is 4. The molecule has 0 aliphatic carbocycles. The summed E-state index contributed by atoms with van der Waals surface area (Å²) in [7, 11) is 0. The van der Waals surface area contributed by atoms with Gasteiger partial charge < -0.3 is 9.26 Å². The molecule has 0 bridgehead atoms. The first kappa shape index (κ1) is 11.4. The molecule has 0 spiro atoms. The van der Waals surface area contributed by atoms with Crippen LogP contribution in [0.4, 0.5) is 0 Å². The molecule has 0 radical (unpaired) electrons. The predicted octanol–water partition coefficient (Wildman–Crippen LogP) is 2.71. The van der Waals surface area contributed by atoms with Crippen LogP contribution in [-0.4, -0.2) is 16.7 Å². The Bertz CT molecular complexity index is 476. The molecule has 0 saturated carbocycles. The maximum Gasteiger partial charge on any atom is 0.229 e. The number of rotatable bonds is 3. The first-order chi connectivity index (χ1) is 8.89. The molecular formula is C14H16N2O2. The summed E-state index contributed by atoms with van der Waals surface area (Å²) in [5, 5.41) is 3.67. The van der Waals surface area contributed by atoms with Gasteiger partial charge >= 0.3 is 0 Å². The lowest BCUT2D eigenvalue weighted by Crippen LogP contribution is -2.36. The van der Waals surface area contributed by atoms with Crippen LogP contribution >= 0.6 is 0 Å². The Morgan fingerprint density at radius 3 is 2.72 bits per heavy atom. The van der Waals surface area contributed by atoms with Gasteiger partial charge in [-0.3, -0.25) is 0 Å². The van der Waals surface area contributed by atoms with Crippen molar-refractivity contribution in [3.63, 3.8) is 0 Å². The smallest absolute Gasteiger partial charge is 0.229 e. The molecule has 1 saturated heterocycles. The van der Waals surface area contributed by atoms with E-state index in [9.17, 15) is 0 Å². The van der Waals surface area contributed by atoms with Crippen LogP contribution in [0.2, 0.25) is 0 Å². The Morgan fingerprint density at radius 1 is 1.17 bits per heavy atom. The van der Waals surface area contributed by atoms with Gasteiger partial charge in [-0.2, -0.15) is 4.98 Å². The van der Waals surface area contributed by atoms with Gasteiger partial charge in [0.25, 0.3) is 0 Å². The summed E-state index contributed by atoms with van der Waals surface area (Å²) in [6.45, 7) is 0.795. The molecule has 4 heteroatoms. The van der Waals surface area contributed by atoms with Crippen LogP contribution in [0.5, 0.6) is 0 Å². The summed E-state index contributed by atoms with van der Waals surface area (Å²) < 4.78 is 11.2. The number of benzene rings is 1. The summed E-state index contributed by atoms with van der Waals surface area (Å²) in [6, 6.07) is 10.3. The van der Waals surface area contributed by atoms with E-state index in [1.54, 1.807) is 0 Å². The van der Waals surface area contributed by atoms with Crippen molar-refractivity contribution < 1.29 is 9.26 Å². The first-order valence-corrected chi connectivity index (χ1v) is 6.34. The predicted molar refractivity (Wildman–Crippen MR) is 65.9 cm³/mol. The first-order valence-electron chi connectivity index (χ1n) is 6.34. The van der Waals surface area contributed by atoms with Gasteiger partial charge in [-0.15, -0.1) is 0 Å². The van der Waals surface area contributed by atoms with Crippen molar-refractivity contribution in [1.82, 2.24) is 10.1 Å². The minimum atomic E-state index is -0.300. The molecule has 2 heterocycles. The highest BCUT2D eigenvalue weighted by Gasteiger charge is 2.37. The number of ether oxygens (including phenoxy) is 1. The van der Waals surface area contributed by atoms with E-state index in [4.69, 9.17) is 9.26 Å². The highest BCUT2D eigenvalue weighted by atomic mass is 16.5. The van der Waals surface area contributed by atoms with Gasteiger partial charge in [-0.05, 0) is 24.8 Å². The minimum Gasteiger partial charge on any atom is -0.370 e. The van der Waals surface area contributed by atoms with Crippen LogP contribution in [0, 0.1) is 0 Å². The Hall–Kier alpha value is -1.68. The van der Waals surface area contributed by atoms with E-state index in [1.807, 2.05) is 18.2 Å². The van der Waals surface area contributed by atoms with Gasteiger partial charge in [0.15, 0.2) is 6.33 Å². The highest BCUT2D eigenvalue weighted by Crippen LogP contribution is 2.37. The fraction of sp³-hybridized carbons (Fsp3) is 0.429. The number of hydrogen-bond donors (Lipinski definition) is 0. The van der Waals surface area contributed by atoms with Crippen LogP contribution in [0.25, 0.3) is 0 Å². The topological polar surface area (TPSA) is 48.2 Å². The molecule has 18 heavy (non-hydrogen) atoms. The van der Waals surface area contributed by atoms with Crippen molar-refractivity contribution in [2.75, 3.05) is 6.61 Å². The molecule has 4 nitrogen and oxygen atoms in total. The van der Waals surface area contributed by atoms with Gasteiger partial charge in [0.2, 0.25) is 5.89 Å². The summed E-state index contributed by atoms with van der Waals surface area (Å²) in [4.78, 5) is 4.12. The summed E-state index contributed by atoms with van der Waals surface area (Å²) in [5.74, 6) is 0.640. The average Bonchev–Trinajstić information content (AvgIpc) is 2.94. The van der Waals surface area contributed by atoms with Gasteiger partial charge in [-0.25, -0.2) is 0 Å². The van der Waals surface area contributed by atoms with Crippen molar-refractivity contribution in [2.24, 2.45) is 0 Å². The third-order valence-corrected chi connectivity index (χ3v) is 3.50. The highest BCUT2D eigenvalue weighted by molar-refractivity contribution is 5.24. The monoisotopic (exact) mass is 244 g/mol. The fourth-order valence-corrected chi connectivity index (χ4v) is 2.58. The number of nitrogens with zero attached hydrogens (tertiary/aromatic N) is 2. The summed E-state index contributed by atoms with van der Waals surface area (Å²) >= 11 is 0. The van der Waals surface area contributed by atoms with Gasteiger partial charge in [0.1, 0.15) is 5.60 Å². The molecule has 94 valence electrons. The van der Waals surface area contributed by atoms with Crippen LogP contribution in [0.1, 0.15) is 30.7 Å². The molecule has 0 amide bonds. The van der Waals surface area contributed by atoms with Crippen molar-refractivity contribution in [1.29, 1.82) is 0 Å². The van der Waals surface area contributed by atoms with Gasteiger partial charge in [-0.1, -0.05) is 35.5 Å². The normalized spacial score (nSPS) is 24.0. The second-order valence-electron chi connectivity index (χ2n) is 4.68. The van der Waals surface area contributed by atoms with Crippen LogP contribution in [-0.2, 0) is 16.8 Å². The molecule has 1 aliphatic rings. The standard InChI is InChI=1S/C14H16N2O2/c1-2-6-12(7-3-1)14(8-4-5-9-17-14)10-13-15-11-16-18-13/h1-3,6-7,11H,4-5,8-10H2. The lowest BCUT2D eigenvalue weighted by atomic mass is 9.83. The van der Waals surface area contributed by atoms with Crippen molar-refractivity contribution >= 4 is 0 Å². The zero-order chi connectivity index (χ0) is 12.3. The second kappa shape index (κ2) is 4.90. The molecule has 1 aliphatic heterocycles. The lowest BCUT2D eigenvalue weighted by molar-refractivity contribution is -0.0874. The molecule has 3 rings (SSSR count). The van der Waals surface area contributed by atoms with E-state index >= 15 is 0 Å². The van der Waals surface area contributed by atoms with E-state index in [-0.39, 0.29) is 5.60 Å². The summed E-state index contributed by atoms with van der Waals surface area (Å²) in [6.07, 6.45) is 5.38. The fourth-order valence-electron chi connectivity index (χ4n) is 2.58. The third kappa shape index (κ3) is 2.16. The van der Waals surface area contributed by atoms with E-state index < -0.39 is 0 Å². The maximum atomic E-state index is 6.10.